The summed E-state index contributed by atoms with van der Waals surface area (Å²) in [6, 6.07) is 21.0. The second-order valence-corrected chi connectivity index (χ2v) is 7.22. The van der Waals surface area contributed by atoms with Crippen molar-refractivity contribution in [2.75, 3.05) is 18.5 Å². The molecule has 25 heavy (non-hydrogen) atoms. The molecule has 3 nitrogen and oxygen atoms in total. The first kappa shape index (κ1) is 16.0. The van der Waals surface area contributed by atoms with E-state index in [2.05, 4.69) is 52.8 Å². The van der Waals surface area contributed by atoms with Gasteiger partial charge < -0.3 is 10.1 Å². The fourth-order valence-electron chi connectivity index (χ4n) is 3.05. The van der Waals surface area contributed by atoms with E-state index in [9.17, 15) is 0 Å². The van der Waals surface area contributed by atoms with Gasteiger partial charge in [-0.05, 0) is 48.4 Å². The Morgan fingerprint density at radius 2 is 1.96 bits per heavy atom. The Balaban J connectivity index is 1.48. The molecule has 1 N–H and O–H groups in total. The van der Waals surface area contributed by atoms with Crippen molar-refractivity contribution < 1.29 is 4.74 Å². The Bertz CT molecular complexity index is 824. The molecule has 3 aromatic rings. The van der Waals surface area contributed by atoms with E-state index in [0.29, 0.717) is 5.92 Å². The molecule has 1 aromatic heterocycles. The van der Waals surface area contributed by atoms with Crippen molar-refractivity contribution in [1.29, 1.82) is 0 Å². The zero-order valence-corrected chi connectivity index (χ0v) is 14.7. The number of fused-ring (bicyclic) bond motifs is 1. The number of hydrogen-bond acceptors (Lipinski definition) is 4. The van der Waals surface area contributed by atoms with E-state index in [1.807, 2.05) is 24.4 Å². The lowest BCUT2D eigenvalue weighted by Gasteiger charge is -2.27. The monoisotopic (exact) mass is 348 g/mol. The van der Waals surface area contributed by atoms with Crippen molar-refractivity contribution in [3.05, 3.63) is 78.6 Å². The summed E-state index contributed by atoms with van der Waals surface area (Å²) in [5, 5.41) is 3.49. The number of nitrogens with one attached hydrogen (secondary N) is 1. The maximum Gasteiger partial charge on any atom is 0.123 e. The van der Waals surface area contributed by atoms with Gasteiger partial charge in [-0.3, -0.25) is 4.98 Å². The third kappa shape index (κ3) is 3.97. The van der Waals surface area contributed by atoms with E-state index in [1.165, 1.54) is 15.4 Å². The highest BCUT2D eigenvalue weighted by molar-refractivity contribution is 7.99. The number of rotatable bonds is 5. The topological polar surface area (TPSA) is 34.1 Å². The highest BCUT2D eigenvalue weighted by Crippen LogP contribution is 2.38. The van der Waals surface area contributed by atoms with Crippen LogP contribution in [0.25, 0.3) is 0 Å². The zero-order chi connectivity index (χ0) is 16.9. The van der Waals surface area contributed by atoms with Gasteiger partial charge in [0.15, 0.2) is 0 Å². The number of benzene rings is 2. The highest BCUT2D eigenvalue weighted by Gasteiger charge is 2.21. The summed E-state index contributed by atoms with van der Waals surface area (Å²) in [5.41, 5.74) is 2.35. The fraction of sp³-hybridized carbons (Fsp3) is 0.190. The minimum absolute atomic E-state index is 0.458. The van der Waals surface area contributed by atoms with Crippen LogP contribution in [0.2, 0.25) is 0 Å². The van der Waals surface area contributed by atoms with Crippen LogP contribution in [0, 0.1) is 0 Å². The Morgan fingerprint density at radius 3 is 2.80 bits per heavy atom. The Labute approximate surface area is 152 Å². The van der Waals surface area contributed by atoms with Crippen LogP contribution in [0.1, 0.15) is 17.9 Å². The van der Waals surface area contributed by atoms with E-state index >= 15 is 0 Å². The van der Waals surface area contributed by atoms with E-state index in [4.69, 9.17) is 4.74 Å². The molecule has 0 aliphatic carbocycles. The van der Waals surface area contributed by atoms with Gasteiger partial charge in [-0.2, -0.15) is 0 Å². The lowest BCUT2D eigenvalue weighted by molar-refractivity contribution is 0.269. The Kier molecular flexibility index (Phi) is 4.89. The fourth-order valence-corrected chi connectivity index (χ4v) is 3.92. The van der Waals surface area contributed by atoms with Crippen LogP contribution >= 0.6 is 11.8 Å². The van der Waals surface area contributed by atoms with Gasteiger partial charge in [-0.1, -0.05) is 36.0 Å². The minimum atomic E-state index is 0.458. The average Bonchev–Trinajstić information content (AvgIpc) is 2.68. The van der Waals surface area contributed by atoms with Gasteiger partial charge >= 0.3 is 0 Å². The second-order valence-electron chi connectivity index (χ2n) is 6.07. The molecule has 1 aliphatic heterocycles. The summed E-state index contributed by atoms with van der Waals surface area (Å²) < 4.78 is 5.93. The molecule has 0 bridgehead atoms. The quantitative estimate of drug-likeness (QED) is 0.686. The van der Waals surface area contributed by atoms with Crippen LogP contribution in [0.5, 0.6) is 5.75 Å². The molecule has 4 heteroatoms. The first-order valence-electron chi connectivity index (χ1n) is 8.52. The summed E-state index contributed by atoms with van der Waals surface area (Å²) in [4.78, 5) is 6.61. The molecule has 2 aromatic carbocycles. The van der Waals surface area contributed by atoms with E-state index in [1.54, 1.807) is 18.0 Å². The van der Waals surface area contributed by atoms with Crippen molar-refractivity contribution in [2.24, 2.45) is 0 Å². The number of ether oxygens (including phenoxy) is 1. The molecule has 1 aliphatic rings. The van der Waals surface area contributed by atoms with Crippen molar-refractivity contribution in [1.82, 2.24) is 4.98 Å². The first-order chi connectivity index (χ1) is 12.4. The van der Waals surface area contributed by atoms with Crippen LogP contribution in [0.4, 0.5) is 5.69 Å². The molecule has 0 amide bonds. The summed E-state index contributed by atoms with van der Waals surface area (Å²) in [6.07, 6.45) is 4.69. The third-order valence-corrected chi connectivity index (χ3v) is 5.34. The lowest BCUT2D eigenvalue weighted by atomic mass is 9.93. The predicted octanol–water partition coefficient (Wildman–Crippen LogP) is 5.21. The maximum absolute atomic E-state index is 5.93. The molecule has 126 valence electrons. The number of hydrogen-bond donors (Lipinski definition) is 1. The predicted molar refractivity (Wildman–Crippen MR) is 103 cm³/mol. The Morgan fingerprint density at radius 1 is 1.04 bits per heavy atom. The molecule has 1 unspecified atom stereocenters. The Hall–Kier alpha value is -2.46. The molecule has 0 radical (unpaired) electrons. The maximum atomic E-state index is 5.93. The van der Waals surface area contributed by atoms with E-state index in [-0.39, 0.29) is 0 Å². The van der Waals surface area contributed by atoms with Gasteiger partial charge in [0.05, 0.1) is 12.3 Å². The van der Waals surface area contributed by atoms with Crippen LogP contribution in [0.15, 0.2) is 82.8 Å². The molecule has 1 atom stereocenters. The summed E-state index contributed by atoms with van der Waals surface area (Å²) in [7, 11) is 0. The first-order valence-corrected chi connectivity index (χ1v) is 9.34. The van der Waals surface area contributed by atoms with Crippen LogP contribution in [-0.2, 0) is 0 Å². The molecular weight excluding hydrogens is 328 g/mol. The van der Waals surface area contributed by atoms with Crippen LogP contribution < -0.4 is 10.1 Å². The highest BCUT2D eigenvalue weighted by atomic mass is 32.2. The van der Waals surface area contributed by atoms with Crippen molar-refractivity contribution >= 4 is 17.4 Å². The van der Waals surface area contributed by atoms with Gasteiger partial charge in [0.1, 0.15) is 5.75 Å². The molecule has 0 saturated heterocycles. The normalized spacial score (nSPS) is 15.9. The molecule has 4 rings (SSSR count). The molecule has 0 saturated carbocycles. The zero-order valence-electron chi connectivity index (χ0n) is 13.9. The lowest BCUT2D eigenvalue weighted by Crippen LogP contribution is -2.20. The number of pyridine rings is 1. The van der Waals surface area contributed by atoms with Crippen molar-refractivity contribution in [3.8, 4) is 5.75 Å². The SMILES string of the molecule is c1ccc(Sc2ccc3c(c2)OCCC3CNc2cccnc2)cc1. The molecule has 2 heterocycles. The van der Waals surface area contributed by atoms with Gasteiger partial charge in [-0.25, -0.2) is 0 Å². The second kappa shape index (κ2) is 7.62. The third-order valence-electron chi connectivity index (χ3n) is 4.34. The van der Waals surface area contributed by atoms with Crippen molar-refractivity contribution in [2.45, 2.75) is 22.1 Å². The average molecular weight is 348 g/mol. The van der Waals surface area contributed by atoms with Gasteiger partial charge in [0, 0.05) is 34.6 Å². The summed E-state index contributed by atoms with van der Waals surface area (Å²) in [5.74, 6) is 1.48. The number of nitrogens with zero attached hydrogens (tertiary/aromatic N) is 1. The molecular formula is C21H20N2OS. The molecule has 0 spiro atoms. The summed E-state index contributed by atoms with van der Waals surface area (Å²) in [6.45, 7) is 1.67. The van der Waals surface area contributed by atoms with Gasteiger partial charge in [0.25, 0.3) is 0 Å². The molecule has 0 fully saturated rings. The smallest absolute Gasteiger partial charge is 0.123 e. The van der Waals surface area contributed by atoms with E-state index in [0.717, 1.165) is 31.0 Å². The van der Waals surface area contributed by atoms with Gasteiger partial charge in [-0.15, -0.1) is 0 Å². The van der Waals surface area contributed by atoms with Gasteiger partial charge in [0.2, 0.25) is 0 Å². The minimum Gasteiger partial charge on any atom is -0.493 e. The van der Waals surface area contributed by atoms with Crippen molar-refractivity contribution in [3.63, 3.8) is 0 Å². The van der Waals surface area contributed by atoms with E-state index < -0.39 is 0 Å². The summed E-state index contributed by atoms with van der Waals surface area (Å²) >= 11 is 1.77. The van der Waals surface area contributed by atoms with Crippen LogP contribution in [-0.4, -0.2) is 18.1 Å². The largest absolute Gasteiger partial charge is 0.493 e. The van der Waals surface area contributed by atoms with Crippen LogP contribution in [0.3, 0.4) is 0 Å². The number of anilines is 1. The number of aromatic nitrogens is 1. The standard InChI is InChI=1S/C21H20N2OS/c1-2-6-18(7-3-1)25-19-8-9-20-16(10-12-24-21(20)13-19)14-23-17-5-4-11-22-15-17/h1-9,11,13,15-16,23H,10,12,14H2.